The van der Waals surface area contributed by atoms with Crippen molar-refractivity contribution in [3.05, 3.63) is 51.8 Å². The van der Waals surface area contributed by atoms with Crippen molar-refractivity contribution in [1.29, 1.82) is 0 Å². The van der Waals surface area contributed by atoms with Gasteiger partial charge in [-0.3, -0.25) is 42.0 Å². The van der Waals surface area contributed by atoms with Crippen LogP contribution in [0.25, 0.3) is 33.5 Å². The van der Waals surface area contributed by atoms with Crippen molar-refractivity contribution in [2.24, 2.45) is 7.05 Å². The summed E-state index contributed by atoms with van der Waals surface area (Å²) >= 11 is 0. The SMILES string of the molecule is COC1[C@@H](COP(=O)([O-])OP(=O)([O-])OP(=O)([O-])OC[C@H]2O[C@@H](n3cnc4c(N)ncnc43)[C@@H](OC)C2OP(=O)([O-])C[C@H]2O[C@@H](n3cnc4c(=O)[nH]c(C)nc43)[C@@H](O)C2O)O[C@@H]([n+]2cn(C)c3c(=O)[nH]c(N)nc32)[C@H]1O. The first-order valence-electron chi connectivity index (χ1n) is 21.5. The van der Waals surface area contributed by atoms with Gasteiger partial charge in [0.15, 0.2) is 41.4 Å². The molecule has 7 unspecified atom stereocenters. The zero-order chi connectivity index (χ0) is 54.3. The highest BCUT2D eigenvalue weighted by Crippen LogP contribution is 2.63. The summed E-state index contributed by atoms with van der Waals surface area (Å²) in [5.41, 5.74) is 10.1. The second-order valence-electron chi connectivity index (χ2n) is 16.8. The molecule has 9 heterocycles. The van der Waals surface area contributed by atoms with Gasteiger partial charge < -0.3 is 93.2 Å². The highest BCUT2D eigenvalue weighted by Gasteiger charge is 2.52. The molecule has 75 heavy (non-hydrogen) atoms. The number of aliphatic hydroxyl groups is 3. The Morgan fingerprint density at radius 2 is 1.35 bits per heavy atom. The lowest BCUT2D eigenvalue weighted by Gasteiger charge is -2.35. The van der Waals surface area contributed by atoms with Gasteiger partial charge in [0.1, 0.15) is 74.1 Å². The summed E-state index contributed by atoms with van der Waals surface area (Å²) in [5.74, 6) is -0.236. The predicted molar refractivity (Wildman–Crippen MR) is 234 cm³/mol. The number of aromatic nitrogens is 12. The fraction of sp³-hybridized carbons (Fsp3) is 0.559. The molecule has 9 rings (SSSR count). The molecule has 3 aliphatic rings. The van der Waals surface area contributed by atoms with Gasteiger partial charge >= 0.3 is 5.65 Å². The molecule has 3 fully saturated rings. The van der Waals surface area contributed by atoms with E-state index in [0.717, 1.165) is 37.8 Å². The van der Waals surface area contributed by atoms with E-state index in [9.17, 15) is 62.7 Å². The highest BCUT2D eigenvalue weighted by molar-refractivity contribution is 7.65. The van der Waals surface area contributed by atoms with Gasteiger partial charge in [0, 0.05) is 20.4 Å². The second-order valence-corrected chi connectivity index (χ2v) is 23.1. The van der Waals surface area contributed by atoms with Gasteiger partial charge in [-0.05, 0) is 6.92 Å². The standard InChI is InChI=1S/C34H46N14O23P4/c1-12-41-27-17(29(52)42-12)40-10-47(27)31-20(50)19(49)15(68-31)7-72(54,55)69-23-14(67-33(24(23)63-4)46-9-39-16-25(35)37-8-38-26(16)46)6-65-74(58,59)71-75(60,61)70-73(56,57)64-5-13-22(62-3)21(51)32(66-13)48-11-45(2)18-28(48)43-34(36)44-30(18)53/h8-11,13-15,19-24,31-33,49-51H,5-7H2,1-4H3,(H9-,35,36,37,38,41,42,43,44,52,53,54,55,56,57,58,59,60,61)/p-3/t13-,14-,15-,19?,20+,21+,22?,23?,24+,31-,32-,33-/m1/s1. The van der Waals surface area contributed by atoms with Crippen LogP contribution in [0.4, 0.5) is 11.8 Å². The number of ether oxygens (including phenoxy) is 5. The van der Waals surface area contributed by atoms with Crippen molar-refractivity contribution in [3.63, 3.8) is 0 Å². The molecule has 16 atom stereocenters. The van der Waals surface area contributed by atoms with Crippen LogP contribution in [0.2, 0.25) is 0 Å². The maximum atomic E-state index is 13.9. The van der Waals surface area contributed by atoms with Crippen LogP contribution >= 0.6 is 31.1 Å². The monoisotopic (exact) mass is 1140 g/mol. The predicted octanol–water partition coefficient (Wildman–Crippen LogP) is -5.79. The number of phosphoric ester groups is 2. The number of nitrogen functional groups attached to an aromatic ring is 2. The van der Waals surface area contributed by atoms with Crippen LogP contribution in [0.15, 0.2) is 34.9 Å². The second kappa shape index (κ2) is 20.5. The van der Waals surface area contributed by atoms with E-state index in [2.05, 4.69) is 53.0 Å². The van der Waals surface area contributed by atoms with Crippen molar-refractivity contribution < 1.29 is 104 Å². The minimum atomic E-state index is -6.55. The van der Waals surface area contributed by atoms with Gasteiger partial charge in [0.05, 0.1) is 39.0 Å². The van der Waals surface area contributed by atoms with Crippen molar-refractivity contribution in [3.8, 4) is 0 Å². The number of aryl methyl sites for hydroxylation is 2. The molecule has 0 bridgehead atoms. The quantitative estimate of drug-likeness (QED) is 0.0293. The number of fused-ring (bicyclic) bond motifs is 3. The van der Waals surface area contributed by atoms with Crippen molar-refractivity contribution in [2.75, 3.05) is 45.1 Å². The zero-order valence-electron chi connectivity index (χ0n) is 38.8. The van der Waals surface area contributed by atoms with Crippen molar-refractivity contribution in [2.45, 2.75) is 80.5 Å². The number of nitrogens with one attached hydrogen (secondary N) is 2. The largest absolute Gasteiger partial charge is 0.778 e. The molecule has 0 amide bonds. The first-order valence-corrected chi connectivity index (χ1v) is 27.6. The average molecular weight is 1140 g/mol. The van der Waals surface area contributed by atoms with Gasteiger partial charge in [0.25, 0.3) is 40.5 Å². The first-order chi connectivity index (χ1) is 35.2. The van der Waals surface area contributed by atoms with E-state index in [1.54, 1.807) is 0 Å². The Morgan fingerprint density at radius 3 is 2.00 bits per heavy atom. The van der Waals surface area contributed by atoms with E-state index < -0.39 is 135 Å². The van der Waals surface area contributed by atoms with Crippen LogP contribution in [0.1, 0.15) is 24.5 Å². The molecular formula is C34H43N14O23P4-3. The number of aromatic amines is 2. The molecule has 0 saturated carbocycles. The number of methoxy groups -OCH3 is 2. The fourth-order valence-corrected chi connectivity index (χ4v) is 13.6. The highest BCUT2D eigenvalue weighted by atomic mass is 31.3. The molecule has 0 aromatic carbocycles. The number of phosphoric acid groups is 3. The van der Waals surface area contributed by atoms with Crippen LogP contribution in [0, 0.1) is 6.92 Å². The van der Waals surface area contributed by atoms with E-state index in [0.29, 0.717) is 0 Å². The number of anilines is 2. The third-order valence-corrected chi connectivity index (χ3v) is 17.4. The molecule has 0 radical (unpaired) electrons. The van der Waals surface area contributed by atoms with E-state index in [4.69, 9.17) is 44.2 Å². The topological polar surface area (TPSA) is 527 Å². The Morgan fingerprint density at radius 1 is 0.733 bits per heavy atom. The Labute approximate surface area is 417 Å². The molecule has 0 aliphatic carbocycles. The Hall–Kier alpha value is -4.91. The molecule has 3 saturated heterocycles. The van der Waals surface area contributed by atoms with Gasteiger partial charge in [-0.25, -0.2) is 38.1 Å². The van der Waals surface area contributed by atoms with E-state index in [-0.39, 0.29) is 51.1 Å². The Balaban J connectivity index is 0.882. The summed E-state index contributed by atoms with van der Waals surface area (Å²) in [7, 11) is -20.7. The summed E-state index contributed by atoms with van der Waals surface area (Å²) in [6.07, 6.45) is -16.5. The summed E-state index contributed by atoms with van der Waals surface area (Å²) in [6, 6.07) is 0. The lowest BCUT2D eigenvalue weighted by Crippen LogP contribution is -2.46. The lowest BCUT2D eigenvalue weighted by molar-refractivity contribution is -0.745. The van der Waals surface area contributed by atoms with Crippen LogP contribution in [-0.4, -0.2) is 157 Å². The summed E-state index contributed by atoms with van der Waals surface area (Å²) in [6.45, 7) is -1.01. The Bertz CT molecular complexity index is 3470. The molecule has 41 heteroatoms. The average Bonchev–Trinajstić information content (AvgIpc) is 4.16. The van der Waals surface area contributed by atoms with Crippen molar-refractivity contribution in [1.82, 2.24) is 53.6 Å². The first kappa shape index (κ1) is 54.9. The molecule has 6 aromatic rings. The third kappa shape index (κ3) is 10.9. The zero-order valence-corrected chi connectivity index (χ0v) is 42.4. The summed E-state index contributed by atoms with van der Waals surface area (Å²) in [5, 5.41) is 33.0. The summed E-state index contributed by atoms with van der Waals surface area (Å²) in [4.78, 5) is 107. The lowest BCUT2D eigenvalue weighted by atomic mass is 10.1. The number of H-pyrrole nitrogens is 2. The smallest absolute Gasteiger partial charge is 0.313 e. The number of nitrogens with zero attached hydrogens (tertiary/aromatic N) is 10. The number of aliphatic hydroxyl groups excluding tert-OH is 3. The van der Waals surface area contributed by atoms with Gasteiger partial charge in [-0.1, -0.05) is 4.98 Å². The van der Waals surface area contributed by atoms with Gasteiger partial charge in [-0.15, -0.1) is 0 Å². The van der Waals surface area contributed by atoms with Crippen LogP contribution in [-0.2, 0) is 71.2 Å². The number of rotatable bonds is 19. The van der Waals surface area contributed by atoms with E-state index in [1.807, 2.05) is 0 Å². The minimum Gasteiger partial charge on any atom is -0.778 e. The number of nitrogens with two attached hydrogens (primary N) is 2. The fourth-order valence-electron chi connectivity index (χ4n) is 8.75. The van der Waals surface area contributed by atoms with E-state index in [1.165, 1.54) is 34.0 Å². The van der Waals surface area contributed by atoms with Crippen LogP contribution < -0.4 is 46.7 Å². The van der Waals surface area contributed by atoms with Crippen molar-refractivity contribution >= 4 is 76.3 Å². The molecule has 6 aromatic heterocycles. The molecule has 410 valence electrons. The Kier molecular flexibility index (Phi) is 15.0. The van der Waals surface area contributed by atoms with Gasteiger partial charge in [0.2, 0.25) is 11.7 Å². The molecule has 37 nitrogen and oxygen atoms in total. The molecular weight excluding hydrogens is 1100 g/mol. The number of hydrogen-bond acceptors (Lipinski definition) is 31. The minimum absolute atomic E-state index is 0.00184. The van der Waals surface area contributed by atoms with Crippen LogP contribution in [0.5, 0.6) is 0 Å². The van der Waals surface area contributed by atoms with E-state index >= 15 is 0 Å². The third-order valence-electron chi connectivity index (χ3n) is 11.9. The molecule has 0 spiro atoms. The molecule has 3 aliphatic heterocycles. The maximum Gasteiger partial charge on any atom is 0.313 e. The van der Waals surface area contributed by atoms with Crippen LogP contribution in [0.3, 0.4) is 0 Å². The number of imidazole rings is 3. The number of hydrogen-bond donors (Lipinski definition) is 7. The normalized spacial score (nSPS) is 30.5. The summed E-state index contributed by atoms with van der Waals surface area (Å²) < 4.78 is 109. The molecule has 9 N–H and O–H groups in total. The maximum absolute atomic E-state index is 13.9. The van der Waals surface area contributed by atoms with Gasteiger partial charge in [-0.2, -0.15) is 0 Å².